The van der Waals surface area contributed by atoms with Crippen LogP contribution in [0.4, 0.5) is 0 Å². The summed E-state index contributed by atoms with van der Waals surface area (Å²) in [6, 6.07) is 5.57. The number of rotatable bonds is 5. The van der Waals surface area contributed by atoms with E-state index in [1.807, 2.05) is 26.0 Å². The van der Waals surface area contributed by atoms with E-state index in [4.69, 9.17) is 23.2 Å². The molecule has 0 aliphatic rings. The number of nitrogens with one attached hydrogen (secondary N) is 2. The van der Waals surface area contributed by atoms with E-state index in [-0.39, 0.29) is 24.0 Å². The second kappa shape index (κ2) is 10.6. The van der Waals surface area contributed by atoms with Gasteiger partial charge in [0.15, 0.2) is 5.96 Å². The minimum Gasteiger partial charge on any atom is -0.357 e. The minimum absolute atomic E-state index is 0. The van der Waals surface area contributed by atoms with Crippen LogP contribution >= 0.6 is 47.2 Å². The maximum Gasteiger partial charge on any atom is 0.191 e. The topological polar surface area (TPSA) is 36.4 Å². The average Bonchev–Trinajstić information content (AvgIpc) is 2.28. The summed E-state index contributed by atoms with van der Waals surface area (Å²) < 4.78 is 0. The molecule has 0 saturated heterocycles. The van der Waals surface area contributed by atoms with Crippen molar-refractivity contribution < 1.29 is 0 Å². The monoisotopic (exact) mass is 415 g/mol. The number of halogens is 3. The Morgan fingerprint density at radius 2 is 1.58 bits per heavy atom. The third kappa shape index (κ3) is 7.84. The Labute approximate surface area is 142 Å². The van der Waals surface area contributed by atoms with Gasteiger partial charge in [0.25, 0.3) is 0 Å². The van der Waals surface area contributed by atoms with Crippen LogP contribution in [-0.4, -0.2) is 25.6 Å². The van der Waals surface area contributed by atoms with Gasteiger partial charge in [-0.05, 0) is 44.0 Å². The molecule has 0 bridgehead atoms. The molecule has 3 nitrogen and oxygen atoms in total. The molecular weight excluding hydrogens is 396 g/mol. The summed E-state index contributed by atoms with van der Waals surface area (Å²) in [6.45, 7) is 6.50. The van der Waals surface area contributed by atoms with Gasteiger partial charge < -0.3 is 10.6 Å². The van der Waals surface area contributed by atoms with Gasteiger partial charge in [0.05, 0.1) is 0 Å². The highest BCUT2D eigenvalue weighted by Crippen LogP contribution is 2.19. The van der Waals surface area contributed by atoms with Gasteiger partial charge in [-0.1, -0.05) is 23.2 Å². The SMILES string of the molecule is CCNC(=NCCc1cc(Cl)cc(Cl)c1)NCC.I. The predicted molar refractivity (Wildman–Crippen MR) is 95.2 cm³/mol. The van der Waals surface area contributed by atoms with E-state index < -0.39 is 0 Å². The molecule has 0 saturated carbocycles. The molecule has 0 unspecified atom stereocenters. The van der Waals surface area contributed by atoms with Crippen LogP contribution < -0.4 is 10.6 Å². The van der Waals surface area contributed by atoms with Gasteiger partial charge in [-0.25, -0.2) is 0 Å². The molecule has 0 heterocycles. The van der Waals surface area contributed by atoms with Gasteiger partial charge >= 0.3 is 0 Å². The van der Waals surface area contributed by atoms with Crippen molar-refractivity contribution >= 4 is 53.1 Å². The first-order valence-electron chi connectivity index (χ1n) is 6.12. The van der Waals surface area contributed by atoms with Crippen LogP contribution in [0.5, 0.6) is 0 Å². The number of benzene rings is 1. The lowest BCUT2D eigenvalue weighted by Crippen LogP contribution is -2.37. The van der Waals surface area contributed by atoms with Crippen molar-refractivity contribution in [3.63, 3.8) is 0 Å². The molecular formula is C13H20Cl2IN3. The van der Waals surface area contributed by atoms with Gasteiger partial charge in [-0.3, -0.25) is 4.99 Å². The average molecular weight is 416 g/mol. The lowest BCUT2D eigenvalue weighted by Gasteiger charge is -2.09. The summed E-state index contributed by atoms with van der Waals surface area (Å²) >= 11 is 11.9. The number of nitrogens with zero attached hydrogens (tertiary/aromatic N) is 1. The first-order valence-corrected chi connectivity index (χ1v) is 6.88. The molecule has 1 rings (SSSR count). The molecule has 0 aliphatic carbocycles. The Morgan fingerprint density at radius 3 is 2.05 bits per heavy atom. The molecule has 0 fully saturated rings. The normalized spacial score (nSPS) is 9.47. The van der Waals surface area contributed by atoms with Crippen molar-refractivity contribution in [1.82, 2.24) is 10.6 Å². The van der Waals surface area contributed by atoms with Crippen LogP contribution in [0.2, 0.25) is 10.0 Å². The molecule has 1 aromatic carbocycles. The fraction of sp³-hybridized carbons (Fsp3) is 0.462. The lowest BCUT2D eigenvalue weighted by molar-refractivity contribution is 0.833. The number of guanidine groups is 1. The standard InChI is InChI=1S/C13H19Cl2N3.HI/c1-3-16-13(17-4-2)18-6-5-10-7-11(14)9-12(15)8-10;/h7-9H,3-6H2,1-2H3,(H2,16,17,18);1H. The van der Waals surface area contributed by atoms with Gasteiger partial charge in [0, 0.05) is 29.7 Å². The first kappa shape index (κ1) is 18.8. The van der Waals surface area contributed by atoms with Crippen molar-refractivity contribution in [2.24, 2.45) is 4.99 Å². The van der Waals surface area contributed by atoms with Crippen molar-refractivity contribution in [2.75, 3.05) is 19.6 Å². The van der Waals surface area contributed by atoms with E-state index in [1.54, 1.807) is 6.07 Å². The number of hydrogen-bond acceptors (Lipinski definition) is 1. The van der Waals surface area contributed by atoms with Gasteiger partial charge in [0.1, 0.15) is 0 Å². The molecule has 19 heavy (non-hydrogen) atoms. The fourth-order valence-electron chi connectivity index (χ4n) is 1.56. The predicted octanol–water partition coefficient (Wildman–Crippen LogP) is 3.73. The van der Waals surface area contributed by atoms with Gasteiger partial charge in [0.2, 0.25) is 0 Å². The van der Waals surface area contributed by atoms with E-state index in [0.29, 0.717) is 16.6 Å². The first-order chi connectivity index (χ1) is 8.65. The maximum atomic E-state index is 5.95. The molecule has 0 aromatic heterocycles. The molecule has 0 radical (unpaired) electrons. The summed E-state index contributed by atoms with van der Waals surface area (Å²) in [7, 11) is 0. The highest BCUT2D eigenvalue weighted by Gasteiger charge is 1.99. The van der Waals surface area contributed by atoms with Crippen LogP contribution in [0.25, 0.3) is 0 Å². The Hall–Kier alpha value is -0.200. The zero-order chi connectivity index (χ0) is 13.4. The van der Waals surface area contributed by atoms with Crippen molar-refractivity contribution in [3.05, 3.63) is 33.8 Å². The molecule has 6 heteroatoms. The summed E-state index contributed by atoms with van der Waals surface area (Å²) in [6.07, 6.45) is 0.820. The van der Waals surface area contributed by atoms with Crippen LogP contribution in [-0.2, 0) is 6.42 Å². The van der Waals surface area contributed by atoms with Crippen molar-refractivity contribution in [3.8, 4) is 0 Å². The Kier molecular flexibility index (Phi) is 10.5. The third-order valence-corrected chi connectivity index (χ3v) is 2.72. The Bertz CT molecular complexity index is 383. The fourth-order valence-corrected chi connectivity index (χ4v) is 2.13. The van der Waals surface area contributed by atoms with Crippen molar-refractivity contribution in [1.29, 1.82) is 0 Å². The largest absolute Gasteiger partial charge is 0.357 e. The summed E-state index contributed by atoms with van der Waals surface area (Å²) in [5, 5.41) is 7.69. The zero-order valence-corrected chi connectivity index (χ0v) is 15.0. The molecule has 0 amide bonds. The maximum absolute atomic E-state index is 5.95. The second-order valence-electron chi connectivity index (χ2n) is 3.82. The molecule has 0 spiro atoms. The van der Waals surface area contributed by atoms with E-state index >= 15 is 0 Å². The Morgan fingerprint density at radius 1 is 1.05 bits per heavy atom. The second-order valence-corrected chi connectivity index (χ2v) is 4.69. The van der Waals surface area contributed by atoms with Crippen LogP contribution in [0.15, 0.2) is 23.2 Å². The van der Waals surface area contributed by atoms with Gasteiger partial charge in [-0.2, -0.15) is 0 Å². The van der Waals surface area contributed by atoms with Crippen LogP contribution in [0, 0.1) is 0 Å². The van der Waals surface area contributed by atoms with E-state index in [1.165, 1.54) is 0 Å². The zero-order valence-electron chi connectivity index (χ0n) is 11.2. The smallest absolute Gasteiger partial charge is 0.191 e. The quantitative estimate of drug-likeness (QED) is 0.436. The van der Waals surface area contributed by atoms with Gasteiger partial charge in [-0.15, -0.1) is 24.0 Å². The van der Waals surface area contributed by atoms with E-state index in [9.17, 15) is 0 Å². The van der Waals surface area contributed by atoms with Crippen molar-refractivity contribution in [2.45, 2.75) is 20.3 Å². The lowest BCUT2D eigenvalue weighted by atomic mass is 10.1. The molecule has 0 atom stereocenters. The highest BCUT2D eigenvalue weighted by molar-refractivity contribution is 14.0. The Balaban J connectivity index is 0.00000324. The third-order valence-electron chi connectivity index (χ3n) is 2.28. The minimum atomic E-state index is 0. The van der Waals surface area contributed by atoms with Crippen LogP contribution in [0.3, 0.4) is 0 Å². The summed E-state index contributed by atoms with van der Waals surface area (Å²) in [5.74, 6) is 0.841. The molecule has 1 aromatic rings. The highest BCUT2D eigenvalue weighted by atomic mass is 127. The number of hydrogen-bond donors (Lipinski definition) is 2. The molecule has 108 valence electrons. The molecule has 2 N–H and O–H groups in total. The summed E-state index contributed by atoms with van der Waals surface area (Å²) in [4.78, 5) is 4.47. The number of aliphatic imine (C=N–C) groups is 1. The van der Waals surface area contributed by atoms with E-state index in [0.717, 1.165) is 31.0 Å². The molecule has 0 aliphatic heterocycles. The van der Waals surface area contributed by atoms with Crippen LogP contribution in [0.1, 0.15) is 19.4 Å². The summed E-state index contributed by atoms with van der Waals surface area (Å²) in [5.41, 5.74) is 1.10. The van der Waals surface area contributed by atoms with E-state index in [2.05, 4.69) is 15.6 Å².